The van der Waals surface area contributed by atoms with Crippen molar-refractivity contribution in [1.82, 2.24) is 4.90 Å². The number of hydrogen-bond donors (Lipinski definition) is 2. The molecule has 0 aliphatic carbocycles. The van der Waals surface area contributed by atoms with Gasteiger partial charge in [-0.3, -0.25) is 4.90 Å². The highest BCUT2D eigenvalue weighted by Crippen LogP contribution is 2.28. The van der Waals surface area contributed by atoms with Gasteiger partial charge in [-0.2, -0.15) is 0 Å². The minimum absolute atomic E-state index is 0.0440. The highest BCUT2D eigenvalue weighted by atomic mass is 19.1. The van der Waals surface area contributed by atoms with E-state index < -0.39 is 11.9 Å². The molecule has 21 heavy (non-hydrogen) atoms. The number of nitrogens with zero attached hydrogens (tertiary/aromatic N) is 1. The third-order valence-electron chi connectivity index (χ3n) is 3.45. The van der Waals surface area contributed by atoms with Crippen LogP contribution in [0.4, 0.5) is 4.39 Å². The van der Waals surface area contributed by atoms with Crippen molar-refractivity contribution in [2.24, 2.45) is 0 Å². The molecule has 0 aromatic heterocycles. The van der Waals surface area contributed by atoms with Crippen molar-refractivity contribution in [2.45, 2.75) is 12.6 Å². The van der Waals surface area contributed by atoms with Crippen LogP contribution in [0.2, 0.25) is 0 Å². The standard InChI is InChI=1S/C17H20FNO2/c1-19(10-11-20)12-14-8-5-9-15(18)16(14)17(21)13-6-3-2-4-7-13/h2-9,17,20-21H,10-12H2,1H3. The van der Waals surface area contributed by atoms with E-state index in [2.05, 4.69) is 0 Å². The minimum Gasteiger partial charge on any atom is -0.395 e. The SMILES string of the molecule is CN(CCO)Cc1cccc(F)c1C(O)c1ccccc1. The Kier molecular flexibility index (Phi) is 5.44. The molecule has 4 heteroatoms. The van der Waals surface area contributed by atoms with Crippen LogP contribution in [-0.4, -0.2) is 35.3 Å². The Hall–Kier alpha value is -1.75. The predicted octanol–water partition coefficient (Wildman–Crippen LogP) is 2.33. The van der Waals surface area contributed by atoms with Crippen molar-refractivity contribution in [3.05, 3.63) is 71.0 Å². The number of aliphatic hydroxyl groups excluding tert-OH is 2. The van der Waals surface area contributed by atoms with Gasteiger partial charge in [-0.1, -0.05) is 42.5 Å². The maximum atomic E-state index is 14.2. The second-order valence-electron chi connectivity index (χ2n) is 5.09. The highest BCUT2D eigenvalue weighted by molar-refractivity contribution is 5.37. The van der Waals surface area contributed by atoms with Crippen molar-refractivity contribution in [3.8, 4) is 0 Å². The molecule has 2 rings (SSSR count). The Morgan fingerprint density at radius 3 is 2.48 bits per heavy atom. The summed E-state index contributed by atoms with van der Waals surface area (Å²) < 4.78 is 14.2. The lowest BCUT2D eigenvalue weighted by atomic mass is 9.96. The molecule has 112 valence electrons. The number of rotatable bonds is 6. The Labute approximate surface area is 124 Å². The summed E-state index contributed by atoms with van der Waals surface area (Å²) in [6.45, 7) is 1.01. The third-order valence-corrected chi connectivity index (χ3v) is 3.45. The molecule has 0 aliphatic heterocycles. The van der Waals surface area contributed by atoms with Gasteiger partial charge >= 0.3 is 0 Å². The lowest BCUT2D eigenvalue weighted by molar-refractivity contribution is 0.203. The molecule has 0 saturated heterocycles. The van der Waals surface area contributed by atoms with Crippen molar-refractivity contribution < 1.29 is 14.6 Å². The smallest absolute Gasteiger partial charge is 0.129 e. The van der Waals surface area contributed by atoms with Crippen LogP contribution in [0.1, 0.15) is 22.8 Å². The summed E-state index contributed by atoms with van der Waals surface area (Å²) in [4.78, 5) is 1.88. The predicted molar refractivity (Wildman–Crippen MR) is 80.3 cm³/mol. The zero-order valence-electron chi connectivity index (χ0n) is 12.0. The fraction of sp³-hybridized carbons (Fsp3) is 0.294. The molecule has 1 unspecified atom stereocenters. The second-order valence-corrected chi connectivity index (χ2v) is 5.09. The topological polar surface area (TPSA) is 43.7 Å². The molecule has 1 atom stereocenters. The van der Waals surface area contributed by atoms with Crippen LogP contribution >= 0.6 is 0 Å². The van der Waals surface area contributed by atoms with E-state index in [0.29, 0.717) is 24.2 Å². The van der Waals surface area contributed by atoms with Crippen molar-refractivity contribution in [1.29, 1.82) is 0 Å². The summed E-state index contributed by atoms with van der Waals surface area (Å²) in [6.07, 6.45) is -0.995. The quantitative estimate of drug-likeness (QED) is 0.858. The Morgan fingerprint density at radius 1 is 1.10 bits per heavy atom. The molecule has 0 heterocycles. The fourth-order valence-corrected chi connectivity index (χ4v) is 2.37. The molecule has 0 saturated carbocycles. The van der Waals surface area contributed by atoms with Crippen LogP contribution in [0.5, 0.6) is 0 Å². The molecule has 0 radical (unpaired) electrons. The van der Waals surface area contributed by atoms with Gasteiger partial charge in [-0.25, -0.2) is 4.39 Å². The van der Waals surface area contributed by atoms with E-state index >= 15 is 0 Å². The molecule has 2 aromatic carbocycles. The van der Waals surface area contributed by atoms with E-state index in [0.717, 1.165) is 5.56 Å². The number of aliphatic hydroxyl groups is 2. The van der Waals surface area contributed by atoms with Crippen LogP contribution in [0, 0.1) is 5.82 Å². The monoisotopic (exact) mass is 289 g/mol. The summed E-state index contributed by atoms with van der Waals surface area (Å²) in [7, 11) is 1.85. The minimum atomic E-state index is -0.995. The van der Waals surface area contributed by atoms with Crippen molar-refractivity contribution in [3.63, 3.8) is 0 Å². The summed E-state index contributed by atoms with van der Waals surface area (Å²) in [5.41, 5.74) is 1.68. The Morgan fingerprint density at radius 2 is 1.81 bits per heavy atom. The molecule has 0 bridgehead atoms. The number of halogens is 1. The molecule has 3 nitrogen and oxygen atoms in total. The summed E-state index contributed by atoms with van der Waals surface area (Å²) in [6, 6.07) is 13.8. The van der Waals surface area contributed by atoms with Gasteiger partial charge < -0.3 is 10.2 Å². The molecule has 0 aliphatic rings. The largest absolute Gasteiger partial charge is 0.395 e. The van der Waals surface area contributed by atoms with Gasteiger partial charge in [0.1, 0.15) is 11.9 Å². The van der Waals surface area contributed by atoms with Gasteiger partial charge in [-0.15, -0.1) is 0 Å². The molecule has 2 aromatic rings. The van der Waals surface area contributed by atoms with Crippen molar-refractivity contribution in [2.75, 3.05) is 20.2 Å². The van der Waals surface area contributed by atoms with Crippen LogP contribution in [0.25, 0.3) is 0 Å². The average molecular weight is 289 g/mol. The van der Waals surface area contributed by atoms with Crippen LogP contribution in [0.3, 0.4) is 0 Å². The van der Waals surface area contributed by atoms with E-state index in [9.17, 15) is 9.50 Å². The molecule has 0 amide bonds. The summed E-state index contributed by atoms with van der Waals surface area (Å²) in [5.74, 6) is -0.416. The summed E-state index contributed by atoms with van der Waals surface area (Å²) >= 11 is 0. The summed E-state index contributed by atoms with van der Waals surface area (Å²) in [5, 5.41) is 19.4. The lowest BCUT2D eigenvalue weighted by Gasteiger charge is -2.21. The lowest BCUT2D eigenvalue weighted by Crippen LogP contribution is -2.23. The maximum absolute atomic E-state index is 14.2. The molecule has 0 fully saturated rings. The van der Waals surface area contributed by atoms with E-state index in [1.54, 1.807) is 24.3 Å². The van der Waals surface area contributed by atoms with Gasteiger partial charge in [0.15, 0.2) is 0 Å². The third kappa shape index (κ3) is 3.88. The van der Waals surface area contributed by atoms with E-state index in [-0.39, 0.29) is 6.61 Å². The molecule has 0 spiro atoms. The maximum Gasteiger partial charge on any atom is 0.129 e. The first-order chi connectivity index (χ1) is 10.1. The van der Waals surface area contributed by atoms with E-state index in [4.69, 9.17) is 5.11 Å². The first-order valence-electron chi connectivity index (χ1n) is 6.93. The van der Waals surface area contributed by atoms with Gasteiger partial charge in [-0.05, 0) is 24.2 Å². The van der Waals surface area contributed by atoms with E-state index in [1.807, 2.05) is 30.1 Å². The van der Waals surface area contributed by atoms with Crippen molar-refractivity contribution >= 4 is 0 Å². The average Bonchev–Trinajstić information content (AvgIpc) is 2.48. The number of likely N-dealkylation sites (N-methyl/N-ethyl adjacent to an activating group) is 1. The highest BCUT2D eigenvalue weighted by Gasteiger charge is 2.19. The van der Waals surface area contributed by atoms with E-state index in [1.165, 1.54) is 6.07 Å². The normalized spacial score (nSPS) is 12.6. The Bertz CT molecular complexity index is 574. The fourth-order valence-electron chi connectivity index (χ4n) is 2.37. The van der Waals surface area contributed by atoms with Crippen LogP contribution < -0.4 is 0 Å². The second kappa shape index (κ2) is 7.31. The van der Waals surface area contributed by atoms with Gasteiger partial charge in [0.2, 0.25) is 0 Å². The number of benzene rings is 2. The molecular weight excluding hydrogens is 269 g/mol. The number of hydrogen-bond acceptors (Lipinski definition) is 3. The van der Waals surface area contributed by atoms with Gasteiger partial charge in [0, 0.05) is 18.7 Å². The first kappa shape index (κ1) is 15.6. The van der Waals surface area contributed by atoms with Gasteiger partial charge in [0.25, 0.3) is 0 Å². The molecule has 2 N–H and O–H groups in total. The Balaban J connectivity index is 2.33. The first-order valence-corrected chi connectivity index (χ1v) is 6.93. The van der Waals surface area contributed by atoms with Crippen LogP contribution in [0.15, 0.2) is 48.5 Å². The molecular formula is C17H20FNO2. The zero-order chi connectivity index (χ0) is 15.2. The zero-order valence-corrected chi connectivity index (χ0v) is 12.0. The van der Waals surface area contributed by atoms with Crippen LogP contribution in [-0.2, 0) is 6.54 Å². The van der Waals surface area contributed by atoms with Gasteiger partial charge in [0.05, 0.1) is 6.61 Å².